The van der Waals surface area contributed by atoms with Crippen molar-refractivity contribution >= 4 is 38.9 Å². The van der Waals surface area contributed by atoms with E-state index in [1.54, 1.807) is 31.2 Å². The number of amides is 1. The first-order valence-electron chi connectivity index (χ1n) is 5.99. The first-order chi connectivity index (χ1) is 9.86. The molecule has 3 N–H and O–H groups in total. The molecule has 1 amide bonds. The molecule has 2 aromatic rings. The molecule has 21 heavy (non-hydrogen) atoms. The maximum Gasteiger partial charge on any atom is 0.292 e. The lowest BCUT2D eigenvalue weighted by molar-refractivity contribution is -0.383. The molecule has 2 rings (SSSR count). The predicted molar refractivity (Wildman–Crippen MR) is 84.3 cm³/mol. The van der Waals surface area contributed by atoms with E-state index in [-0.39, 0.29) is 11.4 Å². The fraction of sp³-hybridized carbons (Fsp3) is 0.0714. The van der Waals surface area contributed by atoms with Crippen molar-refractivity contribution in [3.8, 4) is 0 Å². The number of nitrogen functional groups attached to an aromatic ring is 1. The highest BCUT2D eigenvalue weighted by Crippen LogP contribution is 2.26. The number of aryl methyl sites for hydroxylation is 1. The van der Waals surface area contributed by atoms with Crippen LogP contribution in [-0.4, -0.2) is 10.8 Å². The van der Waals surface area contributed by atoms with Gasteiger partial charge in [-0.05, 0) is 36.8 Å². The van der Waals surface area contributed by atoms with Gasteiger partial charge < -0.3 is 11.1 Å². The fourth-order valence-electron chi connectivity index (χ4n) is 1.85. The Bertz CT molecular complexity index is 711. The SMILES string of the molecule is Cc1ccc([N+](=O)[O-])c(NC(=O)c2cc(N)cc(Br)c2)c1. The van der Waals surface area contributed by atoms with E-state index in [1.807, 2.05) is 0 Å². The van der Waals surface area contributed by atoms with Crippen molar-refractivity contribution in [1.29, 1.82) is 0 Å². The van der Waals surface area contributed by atoms with Gasteiger partial charge in [-0.1, -0.05) is 22.0 Å². The molecule has 0 heterocycles. The largest absolute Gasteiger partial charge is 0.399 e. The number of nitrogens with two attached hydrogens (primary N) is 1. The molecule has 0 bridgehead atoms. The van der Waals surface area contributed by atoms with E-state index in [4.69, 9.17) is 5.73 Å². The summed E-state index contributed by atoms with van der Waals surface area (Å²) in [5, 5.41) is 13.5. The highest BCUT2D eigenvalue weighted by atomic mass is 79.9. The van der Waals surface area contributed by atoms with Crippen LogP contribution in [0.15, 0.2) is 40.9 Å². The van der Waals surface area contributed by atoms with E-state index >= 15 is 0 Å². The normalized spacial score (nSPS) is 10.2. The molecule has 0 saturated heterocycles. The Labute approximate surface area is 129 Å². The zero-order valence-corrected chi connectivity index (χ0v) is 12.7. The third-order valence-electron chi connectivity index (χ3n) is 2.78. The number of nitro groups is 1. The van der Waals surface area contributed by atoms with Crippen LogP contribution in [0.5, 0.6) is 0 Å². The van der Waals surface area contributed by atoms with E-state index in [0.717, 1.165) is 5.56 Å². The van der Waals surface area contributed by atoms with Gasteiger partial charge in [-0.2, -0.15) is 0 Å². The van der Waals surface area contributed by atoms with Crippen molar-refractivity contribution in [2.75, 3.05) is 11.1 Å². The molecule has 0 spiro atoms. The number of nitro benzene ring substituents is 1. The summed E-state index contributed by atoms with van der Waals surface area (Å²) in [6.07, 6.45) is 0. The average molecular weight is 350 g/mol. The molecule has 6 nitrogen and oxygen atoms in total. The average Bonchev–Trinajstić information content (AvgIpc) is 2.37. The number of carbonyl (C=O) groups excluding carboxylic acids is 1. The van der Waals surface area contributed by atoms with Gasteiger partial charge in [-0.25, -0.2) is 0 Å². The van der Waals surface area contributed by atoms with Crippen molar-refractivity contribution in [1.82, 2.24) is 0 Å². The summed E-state index contributed by atoms with van der Waals surface area (Å²) in [5.41, 5.74) is 7.23. The molecular formula is C14H12BrN3O3. The van der Waals surface area contributed by atoms with Crippen molar-refractivity contribution in [2.24, 2.45) is 0 Å². The summed E-state index contributed by atoms with van der Waals surface area (Å²) in [7, 11) is 0. The topological polar surface area (TPSA) is 98.3 Å². The quantitative estimate of drug-likeness (QED) is 0.503. The second kappa shape index (κ2) is 5.92. The molecule has 0 radical (unpaired) electrons. The van der Waals surface area contributed by atoms with Crippen molar-refractivity contribution < 1.29 is 9.72 Å². The number of anilines is 2. The zero-order valence-electron chi connectivity index (χ0n) is 11.1. The summed E-state index contributed by atoms with van der Waals surface area (Å²) in [6, 6.07) is 9.28. The fourth-order valence-corrected chi connectivity index (χ4v) is 2.36. The van der Waals surface area contributed by atoms with Gasteiger partial charge in [0, 0.05) is 21.8 Å². The molecule has 0 aliphatic heterocycles. The van der Waals surface area contributed by atoms with E-state index in [1.165, 1.54) is 12.1 Å². The molecule has 7 heteroatoms. The molecular weight excluding hydrogens is 338 g/mol. The number of nitrogens with zero attached hydrogens (tertiary/aromatic N) is 1. The van der Waals surface area contributed by atoms with Crippen LogP contribution < -0.4 is 11.1 Å². The lowest BCUT2D eigenvalue weighted by Crippen LogP contribution is -2.13. The van der Waals surface area contributed by atoms with Crippen LogP contribution in [0, 0.1) is 17.0 Å². The standard InChI is InChI=1S/C14H12BrN3O3/c1-8-2-3-13(18(20)21)12(4-8)17-14(19)9-5-10(15)7-11(16)6-9/h2-7H,16H2,1H3,(H,17,19). The van der Waals surface area contributed by atoms with Gasteiger partial charge in [0.05, 0.1) is 4.92 Å². The summed E-state index contributed by atoms with van der Waals surface area (Å²) in [5.74, 6) is -0.461. The Balaban J connectivity index is 2.35. The molecule has 0 unspecified atom stereocenters. The van der Waals surface area contributed by atoms with Crippen LogP contribution in [0.4, 0.5) is 17.1 Å². The van der Waals surface area contributed by atoms with Gasteiger partial charge in [0.15, 0.2) is 0 Å². The zero-order chi connectivity index (χ0) is 15.6. The Morgan fingerprint density at radius 1 is 1.29 bits per heavy atom. The molecule has 0 aliphatic carbocycles. The van der Waals surface area contributed by atoms with E-state index in [9.17, 15) is 14.9 Å². The van der Waals surface area contributed by atoms with E-state index in [0.29, 0.717) is 15.7 Å². The number of carbonyl (C=O) groups is 1. The minimum Gasteiger partial charge on any atom is -0.399 e. The first kappa shape index (κ1) is 15.0. The monoisotopic (exact) mass is 349 g/mol. The van der Waals surface area contributed by atoms with Crippen LogP contribution in [0.1, 0.15) is 15.9 Å². The van der Waals surface area contributed by atoms with Crippen molar-refractivity contribution in [3.05, 3.63) is 62.1 Å². The van der Waals surface area contributed by atoms with Crippen LogP contribution in [-0.2, 0) is 0 Å². The van der Waals surface area contributed by atoms with Crippen LogP contribution >= 0.6 is 15.9 Å². The first-order valence-corrected chi connectivity index (χ1v) is 6.78. The Hall–Kier alpha value is -2.41. The Kier molecular flexibility index (Phi) is 4.23. The number of rotatable bonds is 3. The number of nitrogens with one attached hydrogen (secondary N) is 1. The van der Waals surface area contributed by atoms with E-state index in [2.05, 4.69) is 21.2 Å². The Morgan fingerprint density at radius 2 is 2.00 bits per heavy atom. The number of hydrogen-bond donors (Lipinski definition) is 2. The van der Waals surface area contributed by atoms with Gasteiger partial charge >= 0.3 is 0 Å². The van der Waals surface area contributed by atoms with Crippen LogP contribution in [0.3, 0.4) is 0 Å². The molecule has 0 atom stereocenters. The maximum absolute atomic E-state index is 12.2. The second-order valence-electron chi connectivity index (χ2n) is 4.51. The molecule has 2 aromatic carbocycles. The predicted octanol–water partition coefficient (Wildman–Crippen LogP) is 3.50. The summed E-state index contributed by atoms with van der Waals surface area (Å²) < 4.78 is 0.659. The minimum atomic E-state index is -0.537. The van der Waals surface area contributed by atoms with Gasteiger partial charge in [0.2, 0.25) is 0 Å². The van der Waals surface area contributed by atoms with E-state index < -0.39 is 10.8 Å². The summed E-state index contributed by atoms with van der Waals surface area (Å²) in [6.45, 7) is 1.79. The van der Waals surface area contributed by atoms with Gasteiger partial charge in [0.1, 0.15) is 5.69 Å². The number of halogens is 1. The summed E-state index contributed by atoms with van der Waals surface area (Å²) >= 11 is 3.25. The van der Waals surface area contributed by atoms with Gasteiger partial charge in [-0.3, -0.25) is 14.9 Å². The third kappa shape index (κ3) is 3.57. The Morgan fingerprint density at radius 3 is 2.62 bits per heavy atom. The molecule has 0 aliphatic rings. The van der Waals surface area contributed by atoms with Crippen molar-refractivity contribution in [3.63, 3.8) is 0 Å². The second-order valence-corrected chi connectivity index (χ2v) is 5.42. The smallest absolute Gasteiger partial charge is 0.292 e. The highest BCUT2D eigenvalue weighted by Gasteiger charge is 2.17. The van der Waals surface area contributed by atoms with Crippen molar-refractivity contribution in [2.45, 2.75) is 6.92 Å². The molecule has 108 valence electrons. The van der Waals surface area contributed by atoms with Crippen LogP contribution in [0.25, 0.3) is 0 Å². The third-order valence-corrected chi connectivity index (χ3v) is 3.24. The number of benzene rings is 2. The molecule has 0 fully saturated rings. The lowest BCUT2D eigenvalue weighted by atomic mass is 10.1. The lowest BCUT2D eigenvalue weighted by Gasteiger charge is -2.08. The minimum absolute atomic E-state index is 0.156. The maximum atomic E-state index is 12.2. The highest BCUT2D eigenvalue weighted by molar-refractivity contribution is 9.10. The summed E-state index contributed by atoms with van der Waals surface area (Å²) in [4.78, 5) is 22.6. The molecule has 0 aromatic heterocycles. The van der Waals surface area contributed by atoms with Gasteiger partial charge in [-0.15, -0.1) is 0 Å². The molecule has 0 saturated carbocycles. The number of hydrogen-bond acceptors (Lipinski definition) is 4. The van der Waals surface area contributed by atoms with Gasteiger partial charge in [0.25, 0.3) is 11.6 Å². The van der Waals surface area contributed by atoms with Crippen LogP contribution in [0.2, 0.25) is 0 Å².